The van der Waals surface area contributed by atoms with Gasteiger partial charge in [0.05, 0.1) is 37.9 Å². The monoisotopic (exact) mass is 706 g/mol. The zero-order chi connectivity index (χ0) is 37.0. The Morgan fingerprint density at radius 2 is 0.808 bits per heavy atom. The van der Waals surface area contributed by atoms with Crippen molar-refractivity contribution in [3.05, 3.63) is 120 Å². The highest BCUT2D eigenvalue weighted by atomic mass is 16.5. The molecule has 272 valence electrons. The number of methoxy groups -OCH3 is 2. The molecular formula is C42H46N2O8. The van der Waals surface area contributed by atoms with E-state index < -0.39 is 47.4 Å². The van der Waals surface area contributed by atoms with Crippen LogP contribution in [0.1, 0.15) is 37.8 Å². The Balaban J connectivity index is 1.35. The summed E-state index contributed by atoms with van der Waals surface area (Å²) in [6.45, 7) is 5.13. The number of nitrogens with zero attached hydrogens (tertiary/aromatic N) is 2. The third kappa shape index (κ3) is 8.98. The van der Waals surface area contributed by atoms with E-state index >= 15 is 0 Å². The van der Waals surface area contributed by atoms with Crippen LogP contribution in [0.15, 0.2) is 109 Å². The van der Waals surface area contributed by atoms with Crippen LogP contribution in [-0.2, 0) is 41.7 Å². The molecule has 0 spiro atoms. The summed E-state index contributed by atoms with van der Waals surface area (Å²) in [5.74, 6) is -4.09. The minimum atomic E-state index is -1.16. The van der Waals surface area contributed by atoms with E-state index in [1.54, 1.807) is 9.80 Å². The van der Waals surface area contributed by atoms with Crippen molar-refractivity contribution in [3.63, 3.8) is 0 Å². The van der Waals surface area contributed by atoms with Crippen LogP contribution in [0.4, 0.5) is 0 Å². The van der Waals surface area contributed by atoms with Crippen LogP contribution >= 0.6 is 0 Å². The normalized spacial score (nSPS) is 17.6. The molecule has 1 aliphatic carbocycles. The number of amides is 2. The van der Waals surface area contributed by atoms with Gasteiger partial charge >= 0.3 is 11.9 Å². The first-order valence-electron chi connectivity index (χ1n) is 17.6. The van der Waals surface area contributed by atoms with Crippen LogP contribution < -0.4 is 9.47 Å². The third-order valence-electron chi connectivity index (χ3n) is 9.23. The third-order valence-corrected chi connectivity index (χ3v) is 9.23. The standard InChI is InChI=1S/C42H46N2O8/c1-5-25-43(27-29-17-21-33(22-18-29)51-31-13-9-7-10-14-31)39(45)35-37(41(47)49-3)36(38(35)42(48)50-4)40(46)44(26-6-2)28-30-19-23-34(24-20-30)52-32-15-11-8-12-16-32/h7-24,35-38H,5-6,25-28H2,1-4H3/t35-,36-,37-,38-. The molecule has 2 amide bonds. The zero-order valence-corrected chi connectivity index (χ0v) is 30.1. The lowest BCUT2D eigenvalue weighted by atomic mass is 9.55. The van der Waals surface area contributed by atoms with Crippen LogP contribution in [0.5, 0.6) is 23.0 Å². The van der Waals surface area contributed by atoms with E-state index in [1.165, 1.54) is 14.2 Å². The predicted octanol–water partition coefficient (Wildman–Crippen LogP) is 7.27. The fraction of sp³-hybridized carbons (Fsp3) is 0.333. The fourth-order valence-corrected chi connectivity index (χ4v) is 6.73. The fourth-order valence-electron chi connectivity index (χ4n) is 6.73. The molecule has 0 aromatic heterocycles. The summed E-state index contributed by atoms with van der Waals surface area (Å²) in [5, 5.41) is 0. The second-order valence-electron chi connectivity index (χ2n) is 12.8. The molecule has 0 N–H and O–H groups in total. The number of hydrogen-bond donors (Lipinski definition) is 0. The molecule has 52 heavy (non-hydrogen) atoms. The second kappa shape index (κ2) is 18.0. The summed E-state index contributed by atoms with van der Waals surface area (Å²) in [5.41, 5.74) is 1.68. The Morgan fingerprint density at radius 3 is 1.12 bits per heavy atom. The number of hydrogen-bond acceptors (Lipinski definition) is 8. The molecule has 5 rings (SSSR count). The molecule has 10 nitrogen and oxygen atoms in total. The Kier molecular flexibility index (Phi) is 13.0. The van der Waals surface area contributed by atoms with Gasteiger partial charge in [0.25, 0.3) is 0 Å². The second-order valence-corrected chi connectivity index (χ2v) is 12.8. The van der Waals surface area contributed by atoms with Gasteiger partial charge in [-0.2, -0.15) is 0 Å². The number of benzene rings is 4. The minimum absolute atomic E-state index is 0.237. The van der Waals surface area contributed by atoms with Gasteiger partial charge in [-0.3, -0.25) is 19.2 Å². The molecule has 0 heterocycles. The molecule has 4 aromatic carbocycles. The average Bonchev–Trinajstić information content (AvgIpc) is 3.16. The first-order valence-corrected chi connectivity index (χ1v) is 17.6. The zero-order valence-electron chi connectivity index (χ0n) is 30.1. The molecule has 0 unspecified atom stereocenters. The van der Waals surface area contributed by atoms with Gasteiger partial charge in [0.1, 0.15) is 23.0 Å². The molecule has 0 radical (unpaired) electrons. The van der Waals surface area contributed by atoms with Crippen molar-refractivity contribution < 1.29 is 38.1 Å². The number of ether oxygens (including phenoxy) is 4. The Morgan fingerprint density at radius 1 is 0.481 bits per heavy atom. The van der Waals surface area contributed by atoms with Crippen molar-refractivity contribution >= 4 is 23.8 Å². The Bertz CT molecular complexity index is 1640. The molecule has 0 bridgehead atoms. The van der Waals surface area contributed by atoms with Crippen molar-refractivity contribution in [2.45, 2.75) is 39.8 Å². The highest BCUT2D eigenvalue weighted by molar-refractivity contribution is 6.00. The first kappa shape index (κ1) is 37.6. The summed E-state index contributed by atoms with van der Waals surface area (Å²) < 4.78 is 22.1. The number of rotatable bonds is 16. The maximum atomic E-state index is 14.4. The van der Waals surface area contributed by atoms with Gasteiger partial charge in [0.2, 0.25) is 11.8 Å². The first-order chi connectivity index (χ1) is 25.3. The van der Waals surface area contributed by atoms with Crippen molar-refractivity contribution in [2.75, 3.05) is 27.3 Å². The number of carbonyl (C=O) groups excluding carboxylic acids is 4. The SMILES string of the molecule is CCCN(Cc1ccc(Oc2ccccc2)cc1)C(=O)[C@H]1[C@H](C(=O)OC)[C@H](C(=O)N(CCC)Cc2ccc(Oc3ccccc3)cc2)[C@H]1C(=O)OC. The molecule has 0 atom stereocenters. The summed E-state index contributed by atoms with van der Waals surface area (Å²) in [6, 6.07) is 33.7. The van der Waals surface area contributed by atoms with Crippen LogP contribution in [0.2, 0.25) is 0 Å². The van der Waals surface area contributed by atoms with E-state index in [-0.39, 0.29) is 13.1 Å². The maximum Gasteiger partial charge on any atom is 0.310 e. The van der Waals surface area contributed by atoms with Crippen LogP contribution in [0, 0.1) is 23.7 Å². The van der Waals surface area contributed by atoms with Gasteiger partial charge in [0.15, 0.2) is 0 Å². The number of para-hydroxylation sites is 2. The largest absolute Gasteiger partial charge is 0.469 e. The molecule has 1 fully saturated rings. The van der Waals surface area contributed by atoms with E-state index in [2.05, 4.69) is 0 Å². The van der Waals surface area contributed by atoms with E-state index in [9.17, 15) is 19.2 Å². The maximum absolute atomic E-state index is 14.4. The number of esters is 2. The quantitative estimate of drug-likeness (QED) is 0.112. The Hall–Kier alpha value is -5.64. The summed E-state index contributed by atoms with van der Waals surface area (Å²) >= 11 is 0. The van der Waals surface area contributed by atoms with Crippen LogP contribution in [0.3, 0.4) is 0 Å². The lowest BCUT2D eigenvalue weighted by Crippen LogP contribution is -2.64. The molecule has 1 aliphatic rings. The molecule has 1 saturated carbocycles. The molecule has 10 heteroatoms. The van der Waals surface area contributed by atoms with E-state index in [1.807, 2.05) is 123 Å². The van der Waals surface area contributed by atoms with Crippen molar-refractivity contribution in [1.82, 2.24) is 9.80 Å². The highest BCUT2D eigenvalue weighted by Crippen LogP contribution is 2.50. The van der Waals surface area contributed by atoms with E-state index in [0.717, 1.165) is 11.1 Å². The van der Waals surface area contributed by atoms with Gasteiger partial charge in [-0.15, -0.1) is 0 Å². The van der Waals surface area contributed by atoms with Crippen LogP contribution in [0.25, 0.3) is 0 Å². The molecule has 0 aliphatic heterocycles. The van der Waals surface area contributed by atoms with Crippen molar-refractivity contribution in [3.8, 4) is 23.0 Å². The topological polar surface area (TPSA) is 112 Å². The molecular weight excluding hydrogens is 660 g/mol. The van der Waals surface area contributed by atoms with Gasteiger partial charge in [0, 0.05) is 26.2 Å². The lowest BCUT2D eigenvalue weighted by Gasteiger charge is -2.49. The van der Waals surface area contributed by atoms with Crippen LogP contribution in [-0.4, -0.2) is 60.9 Å². The van der Waals surface area contributed by atoms with Gasteiger partial charge in [-0.1, -0.05) is 74.5 Å². The van der Waals surface area contributed by atoms with Crippen molar-refractivity contribution in [1.29, 1.82) is 0 Å². The van der Waals surface area contributed by atoms with Gasteiger partial charge < -0.3 is 28.7 Å². The summed E-state index contributed by atoms with van der Waals surface area (Å²) in [4.78, 5) is 58.8. The van der Waals surface area contributed by atoms with E-state index in [0.29, 0.717) is 48.9 Å². The minimum Gasteiger partial charge on any atom is -0.469 e. The molecule has 0 saturated heterocycles. The molecule has 4 aromatic rings. The van der Waals surface area contributed by atoms with E-state index in [4.69, 9.17) is 18.9 Å². The summed E-state index contributed by atoms with van der Waals surface area (Å²) in [6.07, 6.45) is 1.28. The predicted molar refractivity (Wildman–Crippen MR) is 195 cm³/mol. The Labute approximate surface area is 305 Å². The smallest absolute Gasteiger partial charge is 0.310 e. The van der Waals surface area contributed by atoms with Gasteiger partial charge in [-0.25, -0.2) is 0 Å². The lowest BCUT2D eigenvalue weighted by molar-refractivity contribution is -0.190. The highest BCUT2D eigenvalue weighted by Gasteiger charge is 2.65. The average molecular weight is 707 g/mol. The number of carbonyl (C=O) groups is 4. The van der Waals surface area contributed by atoms with Gasteiger partial charge in [-0.05, 0) is 72.5 Å². The summed E-state index contributed by atoms with van der Waals surface area (Å²) in [7, 11) is 2.45. The van der Waals surface area contributed by atoms with Crippen molar-refractivity contribution in [2.24, 2.45) is 23.7 Å².